The number of hydrogen-bond acceptors (Lipinski definition) is 7. The van der Waals surface area contributed by atoms with Crippen LogP contribution in [-0.2, 0) is 9.47 Å². The number of ether oxygens (including phenoxy) is 2. The summed E-state index contributed by atoms with van der Waals surface area (Å²) in [5.74, 6) is 0. The van der Waals surface area contributed by atoms with Gasteiger partial charge in [0.2, 0.25) is 0 Å². The first-order chi connectivity index (χ1) is 7.11. The smallest absolute Gasteiger partial charge is 0.184 e. The zero-order valence-electron chi connectivity index (χ0n) is 8.19. The minimum absolute atomic E-state index is 0.138. The molecule has 5 atom stereocenters. The van der Waals surface area contributed by atoms with E-state index in [0.29, 0.717) is 0 Å². The fraction of sp³-hybridized carbons (Fsp3) is 1.00. The largest absolute Gasteiger partial charge is 0.394 e. The van der Waals surface area contributed by atoms with E-state index in [9.17, 15) is 15.3 Å². The number of aliphatic hydroxyl groups is 4. The van der Waals surface area contributed by atoms with Gasteiger partial charge in [0.15, 0.2) is 6.29 Å². The molecule has 0 bridgehead atoms. The van der Waals surface area contributed by atoms with E-state index in [1.165, 1.54) is 0 Å². The lowest BCUT2D eigenvalue weighted by Crippen LogP contribution is -2.59. The number of rotatable bonds is 4. The van der Waals surface area contributed by atoms with E-state index in [1.807, 2.05) is 0 Å². The maximum atomic E-state index is 9.57. The molecule has 1 saturated heterocycles. The molecule has 1 rings (SSSR count). The Balaban J connectivity index is 2.58. The van der Waals surface area contributed by atoms with Crippen LogP contribution >= 0.6 is 0 Å². The molecule has 0 aromatic carbocycles. The highest BCUT2D eigenvalue weighted by atomic mass is 16.7. The Morgan fingerprint density at radius 1 is 1.20 bits per heavy atom. The summed E-state index contributed by atoms with van der Waals surface area (Å²) in [6, 6.07) is 0. The Bertz CT molecular complexity index is 192. The summed E-state index contributed by atoms with van der Waals surface area (Å²) in [5.41, 5.74) is 5.19. The first kappa shape index (κ1) is 12.8. The van der Waals surface area contributed by atoms with Gasteiger partial charge in [-0.05, 0) is 0 Å². The van der Waals surface area contributed by atoms with Crippen LogP contribution in [0.1, 0.15) is 0 Å². The second kappa shape index (κ2) is 5.71. The van der Waals surface area contributed by atoms with Crippen molar-refractivity contribution in [1.29, 1.82) is 0 Å². The normalized spacial score (nSPS) is 41.8. The highest BCUT2D eigenvalue weighted by Gasteiger charge is 2.44. The summed E-state index contributed by atoms with van der Waals surface area (Å²) in [6.45, 7) is -0.118. The van der Waals surface area contributed by atoms with Crippen LogP contribution in [0.25, 0.3) is 0 Å². The van der Waals surface area contributed by atoms with Gasteiger partial charge < -0.3 is 35.6 Å². The molecule has 1 aliphatic heterocycles. The van der Waals surface area contributed by atoms with Crippen molar-refractivity contribution in [3.8, 4) is 0 Å². The van der Waals surface area contributed by atoms with Crippen LogP contribution in [-0.4, -0.2) is 70.9 Å². The molecule has 0 saturated carbocycles. The number of nitrogens with two attached hydrogens (primary N) is 1. The molecule has 0 aliphatic carbocycles. The van der Waals surface area contributed by atoms with Crippen molar-refractivity contribution in [1.82, 2.24) is 0 Å². The minimum Gasteiger partial charge on any atom is -0.394 e. The standard InChI is InChI=1S/C8H17NO6/c9-1-2-14-7-6(12)5(11)4(3-10)15-8(7)13/h4-8,10-13H,1-3,9H2/t4-,5-,6+,7-,8+/m1/s1. The summed E-state index contributed by atoms with van der Waals surface area (Å²) >= 11 is 0. The summed E-state index contributed by atoms with van der Waals surface area (Å²) in [4.78, 5) is 0. The van der Waals surface area contributed by atoms with Gasteiger partial charge in [-0.15, -0.1) is 0 Å². The van der Waals surface area contributed by atoms with Gasteiger partial charge in [0.1, 0.15) is 24.4 Å². The van der Waals surface area contributed by atoms with Crippen molar-refractivity contribution < 1.29 is 29.9 Å². The molecule has 1 heterocycles. The van der Waals surface area contributed by atoms with Crippen LogP contribution in [0.15, 0.2) is 0 Å². The fourth-order valence-electron chi connectivity index (χ4n) is 1.46. The highest BCUT2D eigenvalue weighted by Crippen LogP contribution is 2.21. The second-order valence-electron chi connectivity index (χ2n) is 3.35. The third kappa shape index (κ3) is 2.85. The van der Waals surface area contributed by atoms with E-state index < -0.39 is 37.3 Å². The predicted molar refractivity (Wildman–Crippen MR) is 48.8 cm³/mol. The number of aliphatic hydroxyl groups excluding tert-OH is 4. The van der Waals surface area contributed by atoms with E-state index in [-0.39, 0.29) is 13.2 Å². The van der Waals surface area contributed by atoms with Gasteiger partial charge >= 0.3 is 0 Å². The summed E-state index contributed by atoms with van der Waals surface area (Å²) in [7, 11) is 0. The van der Waals surface area contributed by atoms with Gasteiger partial charge in [-0.2, -0.15) is 0 Å². The summed E-state index contributed by atoms with van der Waals surface area (Å²) < 4.78 is 9.89. The van der Waals surface area contributed by atoms with Crippen molar-refractivity contribution in [3.63, 3.8) is 0 Å². The van der Waals surface area contributed by atoms with Crippen molar-refractivity contribution in [2.45, 2.75) is 30.7 Å². The fourth-order valence-corrected chi connectivity index (χ4v) is 1.46. The van der Waals surface area contributed by atoms with Gasteiger partial charge in [0.25, 0.3) is 0 Å². The maximum Gasteiger partial charge on any atom is 0.184 e. The summed E-state index contributed by atoms with van der Waals surface area (Å²) in [6.07, 6.45) is -6.04. The van der Waals surface area contributed by atoms with Crippen LogP contribution < -0.4 is 5.73 Å². The number of hydrogen-bond donors (Lipinski definition) is 5. The third-order valence-electron chi connectivity index (χ3n) is 2.27. The van der Waals surface area contributed by atoms with Crippen LogP contribution in [0, 0.1) is 0 Å². The van der Waals surface area contributed by atoms with Gasteiger partial charge in [0.05, 0.1) is 13.2 Å². The molecule has 15 heavy (non-hydrogen) atoms. The molecule has 1 fully saturated rings. The molecule has 0 aromatic rings. The zero-order valence-corrected chi connectivity index (χ0v) is 8.19. The highest BCUT2D eigenvalue weighted by molar-refractivity contribution is 4.89. The van der Waals surface area contributed by atoms with Crippen LogP contribution in [0.3, 0.4) is 0 Å². The lowest BCUT2D eigenvalue weighted by molar-refractivity contribution is -0.295. The Morgan fingerprint density at radius 2 is 1.87 bits per heavy atom. The monoisotopic (exact) mass is 223 g/mol. The lowest BCUT2D eigenvalue weighted by Gasteiger charge is -2.39. The topological polar surface area (TPSA) is 125 Å². The molecule has 0 amide bonds. The molecule has 7 heteroatoms. The SMILES string of the molecule is NCCO[C@@H]1[C@@H](O)[C@H](O)[C@@H](CO)O[C@@H]1O. The minimum atomic E-state index is -1.38. The van der Waals surface area contributed by atoms with E-state index in [1.54, 1.807) is 0 Å². The molecule has 0 radical (unpaired) electrons. The molecule has 0 unspecified atom stereocenters. The Hall–Kier alpha value is -0.280. The first-order valence-electron chi connectivity index (χ1n) is 4.74. The van der Waals surface area contributed by atoms with Gasteiger partial charge in [-0.3, -0.25) is 0 Å². The quantitative estimate of drug-likeness (QED) is 0.339. The van der Waals surface area contributed by atoms with E-state index in [4.69, 9.17) is 20.3 Å². The second-order valence-corrected chi connectivity index (χ2v) is 3.35. The van der Waals surface area contributed by atoms with Crippen LogP contribution in [0.4, 0.5) is 0 Å². The molecule has 0 spiro atoms. The molecule has 7 nitrogen and oxygen atoms in total. The molecule has 0 aromatic heterocycles. The van der Waals surface area contributed by atoms with Crippen LogP contribution in [0.5, 0.6) is 0 Å². The van der Waals surface area contributed by atoms with Crippen molar-refractivity contribution in [2.24, 2.45) is 5.73 Å². The van der Waals surface area contributed by atoms with E-state index in [2.05, 4.69) is 0 Å². The van der Waals surface area contributed by atoms with Crippen molar-refractivity contribution in [3.05, 3.63) is 0 Å². The lowest BCUT2D eigenvalue weighted by atomic mass is 9.99. The third-order valence-corrected chi connectivity index (χ3v) is 2.27. The Morgan fingerprint density at radius 3 is 2.40 bits per heavy atom. The first-order valence-corrected chi connectivity index (χ1v) is 4.74. The summed E-state index contributed by atoms with van der Waals surface area (Å²) in [5, 5.41) is 37.2. The molecule has 90 valence electrons. The van der Waals surface area contributed by atoms with Crippen molar-refractivity contribution >= 4 is 0 Å². The molecule has 1 aliphatic rings. The van der Waals surface area contributed by atoms with Gasteiger partial charge in [-0.25, -0.2) is 0 Å². The Kier molecular flexibility index (Phi) is 4.87. The van der Waals surface area contributed by atoms with Crippen molar-refractivity contribution in [2.75, 3.05) is 19.8 Å². The molecular weight excluding hydrogens is 206 g/mol. The Labute approximate surface area is 87.0 Å². The van der Waals surface area contributed by atoms with E-state index >= 15 is 0 Å². The molecular formula is C8H17NO6. The maximum absolute atomic E-state index is 9.57. The molecule has 6 N–H and O–H groups in total. The zero-order chi connectivity index (χ0) is 11.4. The van der Waals surface area contributed by atoms with Crippen LogP contribution in [0.2, 0.25) is 0 Å². The van der Waals surface area contributed by atoms with E-state index in [0.717, 1.165) is 0 Å². The van der Waals surface area contributed by atoms with Gasteiger partial charge in [0, 0.05) is 6.54 Å². The predicted octanol–water partition coefficient (Wildman–Crippen LogP) is -3.24. The average molecular weight is 223 g/mol. The average Bonchev–Trinajstić information content (AvgIpc) is 2.23. The van der Waals surface area contributed by atoms with Gasteiger partial charge in [-0.1, -0.05) is 0 Å².